The molecule has 0 aromatic heterocycles. The van der Waals surface area contributed by atoms with Crippen LogP contribution in [0.4, 0.5) is 13.2 Å². The normalized spacial score (nSPS) is 20.5. The van der Waals surface area contributed by atoms with Crippen LogP contribution in [0.3, 0.4) is 0 Å². The highest BCUT2D eigenvalue weighted by Crippen LogP contribution is 2.32. The largest absolute Gasteiger partial charge is 0.390 e. The van der Waals surface area contributed by atoms with Crippen LogP contribution in [0.15, 0.2) is 24.3 Å². The van der Waals surface area contributed by atoms with Crippen LogP contribution in [0.5, 0.6) is 0 Å². The summed E-state index contributed by atoms with van der Waals surface area (Å²) in [6, 6.07) is 8.47. The standard InChI is InChI=1S/C17H25F3N2/c1-21(2)13-14-6-8-15(9-7-14)16-5-3-4-11-22(16)12-10-17(18,19)20/h6-9,16H,3-5,10-13H2,1-2H3/t16-/m0/s1. The molecule has 1 fully saturated rings. The maximum Gasteiger partial charge on any atom is 0.390 e. The van der Waals surface area contributed by atoms with Gasteiger partial charge in [-0.25, -0.2) is 0 Å². The minimum absolute atomic E-state index is 0.105. The number of hydrogen-bond donors (Lipinski definition) is 0. The molecule has 2 nitrogen and oxygen atoms in total. The van der Waals surface area contributed by atoms with E-state index in [2.05, 4.69) is 29.2 Å². The second-order valence-electron chi connectivity index (χ2n) is 6.39. The molecule has 0 amide bonds. The Morgan fingerprint density at radius 2 is 1.82 bits per heavy atom. The molecule has 0 N–H and O–H groups in total. The van der Waals surface area contributed by atoms with Gasteiger partial charge in [-0.05, 0) is 44.6 Å². The summed E-state index contributed by atoms with van der Waals surface area (Å²) in [5.74, 6) is 0. The van der Waals surface area contributed by atoms with E-state index in [0.29, 0.717) is 0 Å². The van der Waals surface area contributed by atoms with Crippen molar-refractivity contribution < 1.29 is 13.2 Å². The zero-order chi connectivity index (χ0) is 16.2. The van der Waals surface area contributed by atoms with Gasteiger partial charge in [-0.3, -0.25) is 4.90 Å². The fourth-order valence-electron chi connectivity index (χ4n) is 3.12. The minimum Gasteiger partial charge on any atom is -0.305 e. The zero-order valence-corrected chi connectivity index (χ0v) is 13.4. The molecule has 124 valence electrons. The highest BCUT2D eigenvalue weighted by Gasteiger charge is 2.31. The fraction of sp³-hybridized carbons (Fsp3) is 0.647. The van der Waals surface area contributed by atoms with Crippen LogP contribution < -0.4 is 0 Å². The molecule has 1 aromatic carbocycles. The molecule has 0 bridgehead atoms. The maximum atomic E-state index is 12.5. The van der Waals surface area contributed by atoms with Crippen molar-refractivity contribution in [3.05, 3.63) is 35.4 Å². The molecule has 5 heteroatoms. The van der Waals surface area contributed by atoms with Crippen LogP contribution in [0.25, 0.3) is 0 Å². The van der Waals surface area contributed by atoms with E-state index in [1.807, 2.05) is 19.0 Å². The molecule has 1 aromatic rings. The van der Waals surface area contributed by atoms with Crippen molar-refractivity contribution >= 4 is 0 Å². The van der Waals surface area contributed by atoms with E-state index in [-0.39, 0.29) is 12.6 Å². The summed E-state index contributed by atoms with van der Waals surface area (Å²) >= 11 is 0. The van der Waals surface area contributed by atoms with Crippen molar-refractivity contribution in [2.45, 2.75) is 44.4 Å². The predicted molar refractivity (Wildman–Crippen MR) is 82.7 cm³/mol. The molecule has 0 radical (unpaired) electrons. The smallest absolute Gasteiger partial charge is 0.305 e. The van der Waals surface area contributed by atoms with E-state index >= 15 is 0 Å². The van der Waals surface area contributed by atoms with Gasteiger partial charge < -0.3 is 4.90 Å². The Bertz CT molecular complexity index is 454. The number of alkyl halides is 3. The van der Waals surface area contributed by atoms with Crippen molar-refractivity contribution in [1.82, 2.24) is 9.80 Å². The second kappa shape index (κ2) is 7.47. The summed E-state index contributed by atoms with van der Waals surface area (Å²) in [5, 5.41) is 0. The Morgan fingerprint density at radius 1 is 1.14 bits per heavy atom. The second-order valence-corrected chi connectivity index (χ2v) is 6.39. The highest BCUT2D eigenvalue weighted by molar-refractivity contribution is 5.25. The first-order valence-electron chi connectivity index (χ1n) is 7.89. The maximum absolute atomic E-state index is 12.5. The Balaban J connectivity index is 2.03. The first kappa shape index (κ1) is 17.3. The third-order valence-electron chi connectivity index (χ3n) is 4.16. The average molecular weight is 314 g/mol. The lowest BCUT2D eigenvalue weighted by molar-refractivity contribution is -0.139. The van der Waals surface area contributed by atoms with E-state index in [9.17, 15) is 13.2 Å². The third kappa shape index (κ3) is 5.29. The van der Waals surface area contributed by atoms with Crippen LogP contribution in [0, 0.1) is 0 Å². The number of halogens is 3. The summed E-state index contributed by atoms with van der Waals surface area (Å²) in [4.78, 5) is 4.10. The van der Waals surface area contributed by atoms with Gasteiger partial charge in [-0.2, -0.15) is 13.2 Å². The fourth-order valence-corrected chi connectivity index (χ4v) is 3.12. The predicted octanol–water partition coefficient (Wildman–Crippen LogP) is 4.23. The van der Waals surface area contributed by atoms with E-state index in [1.165, 1.54) is 5.56 Å². The van der Waals surface area contributed by atoms with Gasteiger partial charge in [0.2, 0.25) is 0 Å². The van der Waals surface area contributed by atoms with Gasteiger partial charge in [0, 0.05) is 19.1 Å². The zero-order valence-electron chi connectivity index (χ0n) is 13.4. The van der Waals surface area contributed by atoms with Crippen molar-refractivity contribution in [2.75, 3.05) is 27.2 Å². The molecule has 1 saturated heterocycles. The van der Waals surface area contributed by atoms with Crippen molar-refractivity contribution in [3.8, 4) is 0 Å². The molecule has 1 heterocycles. The van der Waals surface area contributed by atoms with Gasteiger partial charge in [0.05, 0.1) is 6.42 Å². The summed E-state index contributed by atoms with van der Waals surface area (Å²) in [5.41, 5.74) is 2.37. The van der Waals surface area contributed by atoms with Gasteiger partial charge in [0.25, 0.3) is 0 Å². The lowest BCUT2D eigenvalue weighted by atomic mass is 9.94. The van der Waals surface area contributed by atoms with Crippen LogP contribution in [0.2, 0.25) is 0 Å². The summed E-state index contributed by atoms with van der Waals surface area (Å²) in [7, 11) is 4.04. The minimum atomic E-state index is -4.07. The van der Waals surface area contributed by atoms with Gasteiger partial charge >= 0.3 is 6.18 Å². The van der Waals surface area contributed by atoms with Crippen molar-refractivity contribution in [1.29, 1.82) is 0 Å². The Kier molecular flexibility index (Phi) is 5.87. The summed E-state index contributed by atoms with van der Waals surface area (Å²) < 4.78 is 37.4. The molecule has 0 aliphatic carbocycles. The first-order chi connectivity index (χ1) is 10.3. The van der Waals surface area contributed by atoms with Crippen molar-refractivity contribution in [2.24, 2.45) is 0 Å². The van der Waals surface area contributed by atoms with Crippen LogP contribution in [0.1, 0.15) is 42.9 Å². The van der Waals surface area contributed by atoms with E-state index in [0.717, 1.165) is 37.9 Å². The van der Waals surface area contributed by atoms with Gasteiger partial charge in [0.1, 0.15) is 0 Å². The number of rotatable bonds is 5. The lowest BCUT2D eigenvalue weighted by Gasteiger charge is -2.36. The van der Waals surface area contributed by atoms with Gasteiger partial charge in [-0.15, -0.1) is 0 Å². The quantitative estimate of drug-likeness (QED) is 0.802. The first-order valence-corrected chi connectivity index (χ1v) is 7.89. The Hall–Kier alpha value is -1.07. The molecule has 1 aliphatic rings. The van der Waals surface area contributed by atoms with Crippen LogP contribution in [-0.2, 0) is 6.54 Å². The van der Waals surface area contributed by atoms with Crippen LogP contribution in [-0.4, -0.2) is 43.2 Å². The molecule has 0 spiro atoms. The third-order valence-corrected chi connectivity index (χ3v) is 4.16. The van der Waals surface area contributed by atoms with Crippen LogP contribution >= 0.6 is 0 Å². The van der Waals surface area contributed by atoms with Crippen molar-refractivity contribution in [3.63, 3.8) is 0 Å². The number of likely N-dealkylation sites (tertiary alicyclic amines) is 1. The number of benzene rings is 1. The monoisotopic (exact) mass is 314 g/mol. The molecular weight excluding hydrogens is 289 g/mol. The van der Waals surface area contributed by atoms with Gasteiger partial charge in [-0.1, -0.05) is 30.7 Å². The SMILES string of the molecule is CN(C)Cc1ccc([C@@H]2CCCCN2CCC(F)(F)F)cc1. The number of nitrogens with zero attached hydrogens (tertiary/aromatic N) is 2. The molecule has 2 rings (SSSR count). The topological polar surface area (TPSA) is 6.48 Å². The molecule has 1 atom stereocenters. The van der Waals surface area contributed by atoms with E-state index < -0.39 is 12.6 Å². The van der Waals surface area contributed by atoms with E-state index in [1.54, 1.807) is 0 Å². The molecule has 22 heavy (non-hydrogen) atoms. The van der Waals surface area contributed by atoms with E-state index in [4.69, 9.17) is 0 Å². The molecule has 0 saturated carbocycles. The number of hydrogen-bond acceptors (Lipinski definition) is 2. The Morgan fingerprint density at radius 3 is 2.41 bits per heavy atom. The molecule has 0 unspecified atom stereocenters. The Labute approximate surface area is 130 Å². The molecule has 1 aliphatic heterocycles. The summed E-state index contributed by atoms with van der Waals surface area (Å²) in [6.45, 7) is 1.75. The summed E-state index contributed by atoms with van der Waals surface area (Å²) in [6.07, 6.45) is -1.76. The lowest BCUT2D eigenvalue weighted by Crippen LogP contribution is -2.36. The molecular formula is C17H25F3N2. The van der Waals surface area contributed by atoms with Gasteiger partial charge in [0.15, 0.2) is 0 Å². The average Bonchev–Trinajstić information content (AvgIpc) is 2.45. The number of piperidine rings is 1. The highest BCUT2D eigenvalue weighted by atomic mass is 19.4.